The number of hydrogen-bond acceptors (Lipinski definition) is 5. The Hall–Kier alpha value is -3.15. The van der Waals surface area contributed by atoms with E-state index in [2.05, 4.69) is 0 Å². The second kappa shape index (κ2) is 8.47. The zero-order chi connectivity index (χ0) is 20.2. The number of carbonyl (C=O) groups is 1. The molecule has 2 aromatic carbocycles. The largest absolute Gasteiger partial charge is 0.490 e. The van der Waals surface area contributed by atoms with Gasteiger partial charge in [-0.15, -0.1) is 0 Å². The van der Waals surface area contributed by atoms with Crippen molar-refractivity contribution in [2.24, 2.45) is 0 Å². The topological polar surface area (TPSA) is 57.2 Å². The Morgan fingerprint density at radius 1 is 1.03 bits per heavy atom. The van der Waals surface area contributed by atoms with Crippen LogP contribution in [0.25, 0.3) is 6.08 Å². The SMILES string of the molecule is CCOc1cc2c(cc1OCC)CN(C(=O)/C=C/c1ccc3c(c1)OCO3)CC2. The normalized spacial score (nSPS) is 14.8. The number of rotatable bonds is 6. The molecule has 2 heterocycles. The van der Waals surface area contributed by atoms with E-state index in [0.29, 0.717) is 32.1 Å². The van der Waals surface area contributed by atoms with Gasteiger partial charge in [0.2, 0.25) is 12.7 Å². The lowest BCUT2D eigenvalue weighted by molar-refractivity contribution is -0.126. The molecule has 1 amide bonds. The maximum atomic E-state index is 12.7. The fourth-order valence-corrected chi connectivity index (χ4v) is 3.58. The molecule has 2 aromatic rings. The second-order valence-electron chi connectivity index (χ2n) is 6.89. The van der Waals surface area contributed by atoms with Crippen molar-refractivity contribution in [2.45, 2.75) is 26.8 Å². The van der Waals surface area contributed by atoms with Gasteiger partial charge in [0.1, 0.15) is 0 Å². The Kier molecular flexibility index (Phi) is 5.60. The van der Waals surface area contributed by atoms with E-state index in [1.807, 2.05) is 55.2 Å². The van der Waals surface area contributed by atoms with Gasteiger partial charge < -0.3 is 23.8 Å². The second-order valence-corrected chi connectivity index (χ2v) is 6.89. The van der Waals surface area contributed by atoms with E-state index in [0.717, 1.165) is 34.8 Å². The van der Waals surface area contributed by atoms with Gasteiger partial charge in [0.25, 0.3) is 0 Å². The van der Waals surface area contributed by atoms with Crippen LogP contribution in [0.1, 0.15) is 30.5 Å². The summed E-state index contributed by atoms with van der Waals surface area (Å²) >= 11 is 0. The number of fused-ring (bicyclic) bond motifs is 2. The van der Waals surface area contributed by atoms with E-state index in [9.17, 15) is 4.79 Å². The molecule has 0 bridgehead atoms. The van der Waals surface area contributed by atoms with Crippen molar-refractivity contribution >= 4 is 12.0 Å². The molecule has 0 spiro atoms. The first-order valence-corrected chi connectivity index (χ1v) is 9.96. The first-order chi connectivity index (χ1) is 14.2. The summed E-state index contributed by atoms with van der Waals surface area (Å²) in [7, 11) is 0. The van der Waals surface area contributed by atoms with Gasteiger partial charge in [-0.1, -0.05) is 6.07 Å². The van der Waals surface area contributed by atoms with Crippen molar-refractivity contribution in [3.8, 4) is 23.0 Å². The summed E-state index contributed by atoms with van der Waals surface area (Å²) in [5, 5.41) is 0. The molecule has 2 aliphatic heterocycles. The van der Waals surface area contributed by atoms with Gasteiger partial charge in [-0.3, -0.25) is 4.79 Å². The highest BCUT2D eigenvalue weighted by Gasteiger charge is 2.22. The van der Waals surface area contributed by atoms with Crippen LogP contribution in [0, 0.1) is 0 Å². The Labute approximate surface area is 170 Å². The third-order valence-electron chi connectivity index (χ3n) is 5.00. The number of carbonyl (C=O) groups excluding carboxylic acids is 1. The predicted molar refractivity (Wildman–Crippen MR) is 110 cm³/mol. The minimum absolute atomic E-state index is 0.0137. The minimum atomic E-state index is -0.0137. The number of benzene rings is 2. The molecule has 0 fully saturated rings. The summed E-state index contributed by atoms with van der Waals surface area (Å²) in [6.45, 7) is 6.55. The van der Waals surface area contributed by atoms with Crippen molar-refractivity contribution < 1.29 is 23.7 Å². The maximum Gasteiger partial charge on any atom is 0.246 e. The van der Waals surface area contributed by atoms with Crippen molar-refractivity contribution in [2.75, 3.05) is 26.6 Å². The average molecular weight is 395 g/mol. The van der Waals surface area contributed by atoms with E-state index in [-0.39, 0.29) is 12.7 Å². The van der Waals surface area contributed by atoms with E-state index < -0.39 is 0 Å². The van der Waals surface area contributed by atoms with Gasteiger partial charge in [0, 0.05) is 19.2 Å². The Balaban J connectivity index is 1.47. The molecule has 0 aromatic heterocycles. The standard InChI is InChI=1S/C23H25NO5/c1-3-26-21-12-17-9-10-24(14-18(17)13-22(21)27-4-2)23(25)8-6-16-5-7-19-20(11-16)29-15-28-19/h5-8,11-13H,3-4,9-10,14-15H2,1-2H3/b8-6+. The Morgan fingerprint density at radius 3 is 2.52 bits per heavy atom. The number of ether oxygens (including phenoxy) is 4. The Bertz CT molecular complexity index is 937. The summed E-state index contributed by atoms with van der Waals surface area (Å²) in [4.78, 5) is 14.6. The summed E-state index contributed by atoms with van der Waals surface area (Å²) in [5.74, 6) is 2.94. The van der Waals surface area contributed by atoms with Crippen molar-refractivity contribution in [3.63, 3.8) is 0 Å². The lowest BCUT2D eigenvalue weighted by Gasteiger charge is -2.29. The molecule has 0 unspecified atom stereocenters. The molecule has 2 aliphatic rings. The zero-order valence-corrected chi connectivity index (χ0v) is 16.8. The summed E-state index contributed by atoms with van der Waals surface area (Å²) in [6, 6.07) is 9.70. The van der Waals surface area contributed by atoms with Crippen LogP contribution in [0.3, 0.4) is 0 Å². The molecule has 0 saturated heterocycles. The molecule has 6 heteroatoms. The molecular formula is C23H25NO5. The van der Waals surface area contributed by atoms with Crippen LogP contribution in [0.15, 0.2) is 36.4 Å². The third-order valence-corrected chi connectivity index (χ3v) is 5.00. The molecule has 0 N–H and O–H groups in total. The van der Waals surface area contributed by atoms with Crippen LogP contribution < -0.4 is 18.9 Å². The van der Waals surface area contributed by atoms with Crippen LogP contribution in [-0.4, -0.2) is 37.4 Å². The molecular weight excluding hydrogens is 370 g/mol. The van der Waals surface area contributed by atoms with Crippen LogP contribution in [0.2, 0.25) is 0 Å². The highest BCUT2D eigenvalue weighted by atomic mass is 16.7. The third kappa shape index (κ3) is 4.16. The quantitative estimate of drug-likeness (QED) is 0.696. The summed E-state index contributed by atoms with van der Waals surface area (Å²) < 4.78 is 22.1. The fraction of sp³-hybridized carbons (Fsp3) is 0.348. The van der Waals surface area contributed by atoms with Crippen LogP contribution >= 0.6 is 0 Å². The number of hydrogen-bond donors (Lipinski definition) is 0. The fourth-order valence-electron chi connectivity index (χ4n) is 3.58. The molecule has 0 aliphatic carbocycles. The average Bonchev–Trinajstić information content (AvgIpc) is 3.20. The van der Waals surface area contributed by atoms with Crippen molar-refractivity contribution in [1.29, 1.82) is 0 Å². The van der Waals surface area contributed by atoms with Crippen LogP contribution in [-0.2, 0) is 17.8 Å². The number of nitrogens with zero attached hydrogens (tertiary/aromatic N) is 1. The smallest absolute Gasteiger partial charge is 0.246 e. The molecule has 29 heavy (non-hydrogen) atoms. The van der Waals surface area contributed by atoms with Gasteiger partial charge in [0.15, 0.2) is 23.0 Å². The van der Waals surface area contributed by atoms with Gasteiger partial charge in [0.05, 0.1) is 13.2 Å². The molecule has 152 valence electrons. The van der Waals surface area contributed by atoms with Crippen LogP contribution in [0.5, 0.6) is 23.0 Å². The predicted octanol–water partition coefficient (Wildman–Crippen LogP) is 3.81. The van der Waals surface area contributed by atoms with E-state index >= 15 is 0 Å². The lowest BCUT2D eigenvalue weighted by atomic mass is 9.98. The highest BCUT2D eigenvalue weighted by Crippen LogP contribution is 2.34. The number of amides is 1. The lowest BCUT2D eigenvalue weighted by Crippen LogP contribution is -2.34. The van der Waals surface area contributed by atoms with Gasteiger partial charge in [-0.05, 0) is 67.3 Å². The molecule has 0 radical (unpaired) electrons. The zero-order valence-electron chi connectivity index (χ0n) is 16.8. The van der Waals surface area contributed by atoms with Crippen molar-refractivity contribution in [1.82, 2.24) is 4.90 Å². The van der Waals surface area contributed by atoms with Crippen LogP contribution in [0.4, 0.5) is 0 Å². The van der Waals surface area contributed by atoms with Crippen molar-refractivity contribution in [3.05, 3.63) is 53.1 Å². The summed E-state index contributed by atoms with van der Waals surface area (Å²) in [6.07, 6.45) is 4.22. The van der Waals surface area contributed by atoms with Gasteiger partial charge >= 0.3 is 0 Å². The van der Waals surface area contributed by atoms with E-state index in [4.69, 9.17) is 18.9 Å². The summed E-state index contributed by atoms with van der Waals surface area (Å²) in [5.41, 5.74) is 3.22. The van der Waals surface area contributed by atoms with Gasteiger partial charge in [-0.25, -0.2) is 0 Å². The maximum absolute atomic E-state index is 12.7. The molecule has 6 nitrogen and oxygen atoms in total. The van der Waals surface area contributed by atoms with E-state index in [1.54, 1.807) is 6.08 Å². The molecule has 4 rings (SSSR count). The molecule has 0 atom stereocenters. The van der Waals surface area contributed by atoms with E-state index in [1.165, 1.54) is 5.56 Å². The first-order valence-electron chi connectivity index (χ1n) is 9.96. The Morgan fingerprint density at radius 2 is 1.76 bits per heavy atom. The first kappa shape index (κ1) is 19.2. The van der Waals surface area contributed by atoms with Gasteiger partial charge in [-0.2, -0.15) is 0 Å². The molecule has 0 saturated carbocycles. The highest BCUT2D eigenvalue weighted by molar-refractivity contribution is 5.92. The monoisotopic (exact) mass is 395 g/mol. The minimum Gasteiger partial charge on any atom is -0.490 e.